The van der Waals surface area contributed by atoms with Crippen LogP contribution in [0.25, 0.3) is 0 Å². The van der Waals surface area contributed by atoms with Crippen LogP contribution in [0.5, 0.6) is 0 Å². The summed E-state index contributed by atoms with van der Waals surface area (Å²) in [5.41, 5.74) is 0. The molecule has 3 nitrogen and oxygen atoms in total. The van der Waals surface area contributed by atoms with Crippen molar-refractivity contribution in [1.29, 1.82) is 0 Å². The van der Waals surface area contributed by atoms with Gasteiger partial charge in [0.2, 0.25) is 0 Å². The summed E-state index contributed by atoms with van der Waals surface area (Å²) in [7, 11) is 2.07. The molecule has 3 heteroatoms. The van der Waals surface area contributed by atoms with Crippen molar-refractivity contribution in [3.63, 3.8) is 0 Å². The summed E-state index contributed by atoms with van der Waals surface area (Å²) in [5, 5.41) is 3.58. The summed E-state index contributed by atoms with van der Waals surface area (Å²) in [6.45, 7) is 10.1. The molecule has 1 heterocycles. The lowest BCUT2D eigenvalue weighted by atomic mass is 9.88. The van der Waals surface area contributed by atoms with Gasteiger partial charge in [0.25, 0.3) is 0 Å². The van der Waals surface area contributed by atoms with Gasteiger partial charge in [0, 0.05) is 31.4 Å². The van der Waals surface area contributed by atoms with E-state index in [-0.39, 0.29) is 0 Å². The molecule has 16 heavy (non-hydrogen) atoms. The molecule has 1 aromatic rings. The molecule has 0 aliphatic heterocycles. The Morgan fingerprint density at radius 1 is 1.38 bits per heavy atom. The van der Waals surface area contributed by atoms with Gasteiger partial charge in [-0.3, -0.25) is 0 Å². The lowest BCUT2D eigenvalue weighted by Crippen LogP contribution is -2.36. The average Bonchev–Trinajstić information content (AvgIpc) is 2.62. The lowest BCUT2D eigenvalue weighted by Gasteiger charge is -2.27. The fourth-order valence-electron chi connectivity index (χ4n) is 2.30. The normalized spacial score (nSPS) is 15.4. The predicted octanol–water partition coefficient (Wildman–Crippen LogP) is 2.55. The molecule has 0 saturated heterocycles. The number of hydrogen-bond acceptors (Lipinski definition) is 2. The largest absolute Gasteiger partial charge is 0.338 e. The van der Waals surface area contributed by atoms with Gasteiger partial charge in [-0.2, -0.15) is 0 Å². The van der Waals surface area contributed by atoms with Crippen molar-refractivity contribution >= 4 is 0 Å². The first kappa shape index (κ1) is 13.2. The summed E-state index contributed by atoms with van der Waals surface area (Å²) in [4.78, 5) is 4.49. The van der Waals surface area contributed by atoms with Crippen LogP contribution in [0.15, 0.2) is 12.4 Å². The highest BCUT2D eigenvalue weighted by atomic mass is 15.1. The molecule has 0 fully saturated rings. The third-order valence-electron chi connectivity index (χ3n) is 3.13. The second-order valence-electron chi connectivity index (χ2n) is 4.91. The highest BCUT2D eigenvalue weighted by Crippen LogP contribution is 2.26. The predicted molar refractivity (Wildman–Crippen MR) is 68.5 cm³/mol. The van der Waals surface area contributed by atoms with Crippen LogP contribution < -0.4 is 5.32 Å². The number of aryl methyl sites for hydroxylation is 1. The number of imidazole rings is 1. The Kier molecular flexibility index (Phi) is 5.00. The number of nitrogens with zero attached hydrogens (tertiary/aromatic N) is 2. The quantitative estimate of drug-likeness (QED) is 0.803. The van der Waals surface area contributed by atoms with Crippen molar-refractivity contribution in [2.24, 2.45) is 13.0 Å². The van der Waals surface area contributed by atoms with Gasteiger partial charge in [-0.05, 0) is 25.8 Å². The van der Waals surface area contributed by atoms with E-state index < -0.39 is 0 Å². The van der Waals surface area contributed by atoms with Crippen LogP contribution in [0.1, 0.15) is 45.9 Å². The zero-order chi connectivity index (χ0) is 12.1. The minimum atomic E-state index is 0.473. The van der Waals surface area contributed by atoms with Gasteiger partial charge in [-0.25, -0.2) is 4.98 Å². The van der Waals surface area contributed by atoms with Crippen molar-refractivity contribution < 1.29 is 0 Å². The molecule has 1 aromatic heterocycles. The molecule has 92 valence electrons. The first-order valence-electron chi connectivity index (χ1n) is 6.28. The fourth-order valence-corrected chi connectivity index (χ4v) is 2.30. The van der Waals surface area contributed by atoms with Crippen LogP contribution in [0, 0.1) is 5.92 Å². The van der Waals surface area contributed by atoms with E-state index in [0.29, 0.717) is 17.9 Å². The monoisotopic (exact) mass is 223 g/mol. The van der Waals surface area contributed by atoms with Gasteiger partial charge in [0.1, 0.15) is 5.82 Å². The summed E-state index contributed by atoms with van der Waals surface area (Å²) < 4.78 is 2.13. The molecular formula is C13H25N3. The van der Waals surface area contributed by atoms with Crippen LogP contribution >= 0.6 is 0 Å². The minimum absolute atomic E-state index is 0.473. The molecule has 1 rings (SSSR count). The van der Waals surface area contributed by atoms with E-state index in [1.807, 2.05) is 12.4 Å². The Labute approximate surface area is 99.3 Å². The van der Waals surface area contributed by atoms with Gasteiger partial charge in [0.15, 0.2) is 0 Å². The maximum absolute atomic E-state index is 4.49. The molecule has 0 saturated carbocycles. The number of rotatable bonds is 6. The van der Waals surface area contributed by atoms with Gasteiger partial charge < -0.3 is 9.88 Å². The van der Waals surface area contributed by atoms with E-state index >= 15 is 0 Å². The summed E-state index contributed by atoms with van der Waals surface area (Å²) in [6.07, 6.45) is 5.09. The van der Waals surface area contributed by atoms with Crippen molar-refractivity contribution in [2.45, 2.75) is 46.1 Å². The zero-order valence-electron chi connectivity index (χ0n) is 11.2. The van der Waals surface area contributed by atoms with Gasteiger partial charge >= 0.3 is 0 Å². The molecule has 0 radical (unpaired) electrons. The van der Waals surface area contributed by atoms with Crippen LogP contribution in [-0.2, 0) is 7.05 Å². The van der Waals surface area contributed by atoms with E-state index in [1.54, 1.807) is 0 Å². The highest BCUT2D eigenvalue weighted by molar-refractivity contribution is 5.04. The lowest BCUT2D eigenvalue weighted by molar-refractivity contribution is 0.358. The number of aromatic nitrogens is 2. The number of nitrogens with one attached hydrogen (secondary N) is 1. The van der Waals surface area contributed by atoms with Crippen molar-refractivity contribution in [3.8, 4) is 0 Å². The standard InChI is InChI=1S/C13H25N3/c1-6-7-14-11(4)12(10(2)3)13-15-8-9-16(13)5/h8-12,14H,6-7H2,1-5H3. The van der Waals surface area contributed by atoms with Gasteiger partial charge in [-0.1, -0.05) is 20.8 Å². The third kappa shape index (κ3) is 3.08. The van der Waals surface area contributed by atoms with E-state index in [1.165, 1.54) is 12.2 Å². The first-order valence-corrected chi connectivity index (χ1v) is 6.28. The first-order chi connectivity index (χ1) is 7.57. The van der Waals surface area contributed by atoms with E-state index in [9.17, 15) is 0 Å². The third-order valence-corrected chi connectivity index (χ3v) is 3.13. The van der Waals surface area contributed by atoms with Crippen molar-refractivity contribution in [1.82, 2.24) is 14.9 Å². The molecule has 2 unspecified atom stereocenters. The van der Waals surface area contributed by atoms with Gasteiger partial charge in [0.05, 0.1) is 0 Å². The van der Waals surface area contributed by atoms with Gasteiger partial charge in [-0.15, -0.1) is 0 Å². The van der Waals surface area contributed by atoms with Crippen LogP contribution in [0.2, 0.25) is 0 Å². The maximum Gasteiger partial charge on any atom is 0.113 e. The van der Waals surface area contributed by atoms with Crippen LogP contribution in [-0.4, -0.2) is 22.1 Å². The summed E-state index contributed by atoms with van der Waals surface area (Å²) in [6, 6.07) is 0.473. The van der Waals surface area contributed by atoms with E-state index in [4.69, 9.17) is 0 Å². The Morgan fingerprint density at radius 2 is 2.06 bits per heavy atom. The molecule has 0 spiro atoms. The fraction of sp³-hybridized carbons (Fsp3) is 0.769. The zero-order valence-corrected chi connectivity index (χ0v) is 11.2. The molecule has 0 amide bonds. The Hall–Kier alpha value is -0.830. The highest BCUT2D eigenvalue weighted by Gasteiger charge is 2.25. The summed E-state index contributed by atoms with van der Waals surface area (Å²) >= 11 is 0. The molecule has 0 bridgehead atoms. The topological polar surface area (TPSA) is 29.9 Å². The smallest absolute Gasteiger partial charge is 0.113 e. The molecule has 2 atom stereocenters. The van der Waals surface area contributed by atoms with Crippen molar-refractivity contribution in [3.05, 3.63) is 18.2 Å². The maximum atomic E-state index is 4.49. The Morgan fingerprint density at radius 3 is 2.50 bits per heavy atom. The summed E-state index contributed by atoms with van der Waals surface area (Å²) in [5.74, 6) is 2.26. The Balaban J connectivity index is 2.79. The number of hydrogen-bond donors (Lipinski definition) is 1. The van der Waals surface area contributed by atoms with Crippen molar-refractivity contribution in [2.75, 3.05) is 6.54 Å². The van der Waals surface area contributed by atoms with Crippen LogP contribution in [0.3, 0.4) is 0 Å². The molecule has 1 N–H and O–H groups in total. The molecule has 0 aliphatic rings. The van der Waals surface area contributed by atoms with Crippen LogP contribution in [0.4, 0.5) is 0 Å². The molecule has 0 aliphatic carbocycles. The Bertz CT molecular complexity index is 304. The molecular weight excluding hydrogens is 198 g/mol. The minimum Gasteiger partial charge on any atom is -0.338 e. The van der Waals surface area contributed by atoms with E-state index in [2.05, 4.69) is 49.6 Å². The molecule has 0 aromatic carbocycles. The average molecular weight is 223 g/mol. The SMILES string of the molecule is CCCNC(C)C(c1nccn1C)C(C)C. The second kappa shape index (κ2) is 6.04. The second-order valence-corrected chi connectivity index (χ2v) is 4.91. The van der Waals surface area contributed by atoms with E-state index in [0.717, 1.165) is 6.54 Å².